The van der Waals surface area contributed by atoms with Gasteiger partial charge in [-0.2, -0.15) is 0 Å². The number of halogens is 2. The topological polar surface area (TPSA) is 46.4 Å². The summed E-state index contributed by atoms with van der Waals surface area (Å²) in [4.78, 5) is 17.4. The maximum absolute atomic E-state index is 12.7. The van der Waals surface area contributed by atoms with Gasteiger partial charge >= 0.3 is 0 Å². The maximum atomic E-state index is 12.7. The summed E-state index contributed by atoms with van der Waals surface area (Å²) in [5.74, 6) is -0.0748. The van der Waals surface area contributed by atoms with Gasteiger partial charge in [0.1, 0.15) is 5.65 Å². The molecule has 6 heteroatoms. The van der Waals surface area contributed by atoms with Crippen LogP contribution in [-0.2, 0) is 17.6 Å². The van der Waals surface area contributed by atoms with Crippen LogP contribution in [0.3, 0.4) is 0 Å². The van der Waals surface area contributed by atoms with Crippen LogP contribution < -0.4 is 5.32 Å². The molecule has 25 heavy (non-hydrogen) atoms. The Bertz CT molecular complexity index is 980. The van der Waals surface area contributed by atoms with Gasteiger partial charge in [0.05, 0.1) is 15.7 Å². The highest BCUT2D eigenvalue weighted by molar-refractivity contribution is 6.42. The third-order valence-electron chi connectivity index (χ3n) is 4.69. The number of hydrogen-bond donors (Lipinski definition) is 1. The van der Waals surface area contributed by atoms with Crippen molar-refractivity contribution < 1.29 is 4.79 Å². The quantitative estimate of drug-likeness (QED) is 0.707. The second-order valence-electron chi connectivity index (χ2n) is 6.50. The maximum Gasteiger partial charge on any atom is 0.227 e. The molecular formula is C19H17Cl2N3O. The summed E-state index contributed by atoms with van der Waals surface area (Å²) < 4.78 is 2.10. The number of aromatic nitrogens is 2. The van der Waals surface area contributed by atoms with Gasteiger partial charge < -0.3 is 9.72 Å². The van der Waals surface area contributed by atoms with Crippen molar-refractivity contribution in [3.8, 4) is 0 Å². The van der Waals surface area contributed by atoms with Crippen LogP contribution in [0.15, 0.2) is 36.5 Å². The number of rotatable bonds is 2. The molecular weight excluding hydrogens is 357 g/mol. The molecule has 0 fully saturated rings. The second-order valence-corrected chi connectivity index (χ2v) is 7.31. The van der Waals surface area contributed by atoms with Crippen molar-refractivity contribution >= 4 is 40.4 Å². The molecule has 0 saturated carbocycles. The molecule has 0 bridgehead atoms. The molecule has 1 aromatic carbocycles. The lowest BCUT2D eigenvalue weighted by molar-refractivity contribution is -0.120. The molecule has 0 aliphatic heterocycles. The standard InChI is InChI=1S/C19H17Cl2N3O/c1-11-6-7-24-17-9-12(2-5-16(17)23-18(24)8-11)19(25)22-13-3-4-14(20)15(21)10-13/h3-4,6-8,10,12H,2,5,9H2,1H3,(H,22,25). The van der Waals surface area contributed by atoms with Gasteiger partial charge in [-0.15, -0.1) is 0 Å². The van der Waals surface area contributed by atoms with Gasteiger partial charge in [-0.1, -0.05) is 23.2 Å². The van der Waals surface area contributed by atoms with E-state index in [2.05, 4.69) is 28.8 Å². The number of benzene rings is 1. The van der Waals surface area contributed by atoms with E-state index >= 15 is 0 Å². The molecule has 0 spiro atoms. The molecule has 2 heterocycles. The van der Waals surface area contributed by atoms with E-state index in [1.807, 2.05) is 6.20 Å². The van der Waals surface area contributed by atoms with Crippen LogP contribution in [0.4, 0.5) is 5.69 Å². The lowest BCUT2D eigenvalue weighted by Gasteiger charge is -2.21. The zero-order chi connectivity index (χ0) is 17.6. The van der Waals surface area contributed by atoms with Crippen molar-refractivity contribution in [2.24, 2.45) is 5.92 Å². The molecule has 0 saturated heterocycles. The summed E-state index contributed by atoms with van der Waals surface area (Å²) >= 11 is 11.9. The van der Waals surface area contributed by atoms with Crippen LogP contribution in [0.5, 0.6) is 0 Å². The van der Waals surface area contributed by atoms with Crippen LogP contribution in [0.1, 0.15) is 23.4 Å². The molecule has 1 amide bonds. The van der Waals surface area contributed by atoms with Gasteiger partial charge in [0, 0.05) is 29.9 Å². The molecule has 128 valence electrons. The first kappa shape index (κ1) is 16.4. The average Bonchev–Trinajstić information content (AvgIpc) is 2.94. The molecule has 2 aromatic heterocycles. The summed E-state index contributed by atoms with van der Waals surface area (Å²) in [6, 6.07) is 9.26. The minimum Gasteiger partial charge on any atom is -0.326 e. The van der Waals surface area contributed by atoms with Crippen LogP contribution in [0.2, 0.25) is 10.0 Å². The molecule has 0 radical (unpaired) electrons. The first-order valence-corrected chi connectivity index (χ1v) is 8.99. The highest BCUT2D eigenvalue weighted by Crippen LogP contribution is 2.29. The van der Waals surface area contributed by atoms with E-state index in [1.54, 1.807) is 18.2 Å². The fourth-order valence-corrected chi connectivity index (χ4v) is 3.65. The molecule has 1 aliphatic carbocycles. The Morgan fingerprint density at radius 1 is 1.24 bits per heavy atom. The Hall–Kier alpha value is -2.04. The number of carbonyl (C=O) groups is 1. The van der Waals surface area contributed by atoms with Gasteiger partial charge in [-0.25, -0.2) is 4.98 Å². The minimum atomic E-state index is -0.0804. The number of carbonyl (C=O) groups excluding carboxylic acids is 1. The van der Waals surface area contributed by atoms with Gasteiger partial charge in [-0.05, 0) is 55.7 Å². The zero-order valence-electron chi connectivity index (χ0n) is 13.7. The van der Waals surface area contributed by atoms with Crippen molar-refractivity contribution in [3.63, 3.8) is 0 Å². The van der Waals surface area contributed by atoms with Gasteiger partial charge in [-0.3, -0.25) is 4.79 Å². The normalized spacial score (nSPS) is 16.7. The monoisotopic (exact) mass is 373 g/mol. The summed E-state index contributed by atoms with van der Waals surface area (Å²) in [6.07, 6.45) is 4.33. The van der Waals surface area contributed by atoms with E-state index < -0.39 is 0 Å². The zero-order valence-corrected chi connectivity index (χ0v) is 15.2. The molecule has 1 aliphatic rings. The fraction of sp³-hybridized carbons (Fsp3) is 0.263. The number of pyridine rings is 1. The average molecular weight is 374 g/mol. The highest BCUT2D eigenvalue weighted by atomic mass is 35.5. The summed E-state index contributed by atoms with van der Waals surface area (Å²) in [5, 5.41) is 3.86. The number of aryl methyl sites for hydroxylation is 2. The number of nitrogens with zero attached hydrogens (tertiary/aromatic N) is 2. The van der Waals surface area contributed by atoms with E-state index in [0.29, 0.717) is 22.2 Å². The number of hydrogen-bond acceptors (Lipinski definition) is 2. The third kappa shape index (κ3) is 3.12. The van der Waals surface area contributed by atoms with Gasteiger partial charge in [0.2, 0.25) is 5.91 Å². The van der Waals surface area contributed by atoms with E-state index in [4.69, 9.17) is 28.2 Å². The molecule has 4 rings (SSSR count). The van der Waals surface area contributed by atoms with E-state index in [-0.39, 0.29) is 11.8 Å². The summed E-state index contributed by atoms with van der Waals surface area (Å²) in [7, 11) is 0. The van der Waals surface area contributed by atoms with E-state index in [0.717, 1.165) is 29.9 Å². The van der Waals surface area contributed by atoms with Crippen molar-refractivity contribution in [2.45, 2.75) is 26.2 Å². The molecule has 1 unspecified atom stereocenters. The molecule has 1 N–H and O–H groups in total. The summed E-state index contributed by atoms with van der Waals surface area (Å²) in [6.45, 7) is 2.06. The second kappa shape index (κ2) is 6.36. The number of anilines is 1. The summed E-state index contributed by atoms with van der Waals surface area (Å²) in [5.41, 5.74) is 5.04. The fourth-order valence-electron chi connectivity index (χ4n) is 3.35. The highest BCUT2D eigenvalue weighted by Gasteiger charge is 2.28. The Morgan fingerprint density at radius 3 is 2.88 bits per heavy atom. The number of nitrogens with one attached hydrogen (secondary N) is 1. The van der Waals surface area contributed by atoms with Crippen molar-refractivity contribution in [3.05, 3.63) is 63.5 Å². The van der Waals surface area contributed by atoms with Crippen molar-refractivity contribution in [1.82, 2.24) is 9.38 Å². The SMILES string of the molecule is Cc1ccn2c3c(nc2c1)CCC(C(=O)Nc1ccc(Cl)c(Cl)c1)C3. The van der Waals surface area contributed by atoms with Crippen LogP contribution in [0, 0.1) is 12.8 Å². The Morgan fingerprint density at radius 2 is 2.08 bits per heavy atom. The minimum absolute atomic E-state index is 0.00565. The smallest absolute Gasteiger partial charge is 0.227 e. The largest absolute Gasteiger partial charge is 0.326 e. The van der Waals surface area contributed by atoms with Crippen LogP contribution >= 0.6 is 23.2 Å². The molecule has 4 nitrogen and oxygen atoms in total. The van der Waals surface area contributed by atoms with Crippen LogP contribution in [0.25, 0.3) is 5.65 Å². The van der Waals surface area contributed by atoms with Gasteiger partial charge in [0.15, 0.2) is 0 Å². The van der Waals surface area contributed by atoms with E-state index in [1.165, 1.54) is 5.56 Å². The lowest BCUT2D eigenvalue weighted by atomic mass is 9.89. The predicted molar refractivity (Wildman–Crippen MR) is 101 cm³/mol. The molecule has 1 atom stereocenters. The number of fused-ring (bicyclic) bond motifs is 3. The lowest BCUT2D eigenvalue weighted by Crippen LogP contribution is -2.28. The first-order valence-electron chi connectivity index (χ1n) is 8.23. The Labute approximate surface area is 155 Å². The number of imidazole rings is 1. The van der Waals surface area contributed by atoms with Crippen LogP contribution in [-0.4, -0.2) is 15.3 Å². The Balaban J connectivity index is 1.56. The molecule has 3 aromatic rings. The predicted octanol–water partition coefficient (Wildman–Crippen LogP) is 4.69. The van der Waals surface area contributed by atoms with Crippen molar-refractivity contribution in [2.75, 3.05) is 5.32 Å². The third-order valence-corrected chi connectivity index (χ3v) is 5.43. The number of amides is 1. The Kier molecular flexibility index (Phi) is 4.18. The van der Waals surface area contributed by atoms with Crippen molar-refractivity contribution in [1.29, 1.82) is 0 Å². The van der Waals surface area contributed by atoms with Gasteiger partial charge in [0.25, 0.3) is 0 Å². The van der Waals surface area contributed by atoms with E-state index in [9.17, 15) is 4.79 Å². The first-order chi connectivity index (χ1) is 12.0.